The van der Waals surface area contributed by atoms with Gasteiger partial charge in [-0.25, -0.2) is 4.39 Å². The van der Waals surface area contributed by atoms with Gasteiger partial charge >= 0.3 is 0 Å². The van der Waals surface area contributed by atoms with Gasteiger partial charge in [-0.2, -0.15) is 0 Å². The molecule has 0 aromatic heterocycles. The summed E-state index contributed by atoms with van der Waals surface area (Å²) in [6.45, 7) is 1.62. The number of halogens is 2. The zero-order valence-corrected chi connectivity index (χ0v) is 17.6. The summed E-state index contributed by atoms with van der Waals surface area (Å²) in [6.07, 6.45) is -0.771. The Bertz CT molecular complexity index is 1090. The summed E-state index contributed by atoms with van der Waals surface area (Å²) in [4.78, 5) is 25.0. The average Bonchev–Trinajstić information content (AvgIpc) is 2.77. The van der Waals surface area contributed by atoms with Gasteiger partial charge in [-0.05, 0) is 67.6 Å². The Kier molecular flexibility index (Phi) is 7.10. The highest BCUT2D eigenvalue weighted by Crippen LogP contribution is 2.21. The molecule has 6 nitrogen and oxygen atoms in total. The van der Waals surface area contributed by atoms with Gasteiger partial charge in [0.1, 0.15) is 17.3 Å². The second-order valence-electron chi connectivity index (χ2n) is 6.59. The van der Waals surface area contributed by atoms with Crippen LogP contribution in [0.3, 0.4) is 0 Å². The molecule has 160 valence electrons. The zero-order valence-electron chi connectivity index (χ0n) is 16.8. The minimum absolute atomic E-state index is 0.0929. The number of hydrogen-bond donors (Lipinski definition) is 2. The normalized spacial score (nSPS) is 11.4. The van der Waals surface area contributed by atoms with Gasteiger partial charge in [0.05, 0.1) is 12.1 Å². The summed E-state index contributed by atoms with van der Waals surface area (Å²) in [5, 5.41) is 5.26. The molecule has 0 saturated carbocycles. The van der Waals surface area contributed by atoms with E-state index in [9.17, 15) is 14.0 Å². The molecule has 2 amide bonds. The molecule has 8 heteroatoms. The maximum atomic E-state index is 13.3. The van der Waals surface area contributed by atoms with Crippen LogP contribution in [0.15, 0.2) is 66.7 Å². The van der Waals surface area contributed by atoms with Crippen molar-refractivity contribution in [3.05, 3.63) is 83.1 Å². The van der Waals surface area contributed by atoms with Gasteiger partial charge in [-0.3, -0.25) is 9.59 Å². The first kappa shape index (κ1) is 22.1. The molecule has 0 saturated heterocycles. The van der Waals surface area contributed by atoms with Gasteiger partial charge < -0.3 is 20.1 Å². The Morgan fingerprint density at radius 3 is 2.29 bits per heavy atom. The monoisotopic (exact) mass is 442 g/mol. The molecule has 0 bridgehead atoms. The Morgan fingerprint density at radius 1 is 0.935 bits per heavy atom. The number of rotatable bonds is 7. The molecule has 0 spiro atoms. The summed E-state index contributed by atoms with van der Waals surface area (Å²) in [6, 6.07) is 17.2. The average molecular weight is 443 g/mol. The standard InChI is InChI=1S/C23H20ClFN2O4/c1-14(31-19-9-7-18(30-2)8-10-19)22(28)26-16-5-3-4-15(12-16)23(29)27-17-6-11-21(25)20(24)13-17/h3-14H,1-2H3,(H,26,28)(H,27,29). The van der Waals surface area contributed by atoms with Crippen molar-refractivity contribution in [2.45, 2.75) is 13.0 Å². The lowest BCUT2D eigenvalue weighted by molar-refractivity contribution is -0.122. The van der Waals surface area contributed by atoms with Crippen LogP contribution in [0.25, 0.3) is 0 Å². The third-order valence-electron chi connectivity index (χ3n) is 4.31. The molecule has 0 aliphatic carbocycles. The Morgan fingerprint density at radius 2 is 1.61 bits per heavy atom. The predicted octanol–water partition coefficient (Wildman–Crippen LogP) is 5.15. The summed E-state index contributed by atoms with van der Waals surface area (Å²) in [5.41, 5.74) is 1.09. The van der Waals surface area contributed by atoms with E-state index in [4.69, 9.17) is 21.1 Å². The van der Waals surface area contributed by atoms with E-state index in [1.165, 1.54) is 24.3 Å². The summed E-state index contributed by atoms with van der Waals surface area (Å²) >= 11 is 5.74. The smallest absolute Gasteiger partial charge is 0.265 e. The fourth-order valence-electron chi connectivity index (χ4n) is 2.67. The van der Waals surface area contributed by atoms with Crippen molar-refractivity contribution in [2.24, 2.45) is 0 Å². The zero-order chi connectivity index (χ0) is 22.4. The van der Waals surface area contributed by atoms with E-state index in [-0.39, 0.29) is 10.9 Å². The molecule has 0 heterocycles. The molecule has 0 aliphatic heterocycles. The van der Waals surface area contributed by atoms with E-state index < -0.39 is 17.8 Å². The first-order chi connectivity index (χ1) is 14.9. The van der Waals surface area contributed by atoms with E-state index in [1.54, 1.807) is 56.5 Å². The quantitative estimate of drug-likeness (QED) is 0.530. The molecule has 1 atom stereocenters. The SMILES string of the molecule is COc1ccc(OC(C)C(=O)Nc2cccc(C(=O)Nc3ccc(F)c(Cl)c3)c2)cc1. The molecule has 3 rings (SSSR count). The highest BCUT2D eigenvalue weighted by molar-refractivity contribution is 6.31. The molecule has 31 heavy (non-hydrogen) atoms. The van der Waals surface area contributed by atoms with Crippen LogP contribution in [0.1, 0.15) is 17.3 Å². The van der Waals surface area contributed by atoms with E-state index in [1.807, 2.05) is 0 Å². The van der Waals surface area contributed by atoms with E-state index in [2.05, 4.69) is 10.6 Å². The van der Waals surface area contributed by atoms with Crippen LogP contribution in [0.2, 0.25) is 5.02 Å². The minimum atomic E-state index is -0.771. The van der Waals surface area contributed by atoms with Gasteiger partial charge in [-0.1, -0.05) is 17.7 Å². The van der Waals surface area contributed by atoms with E-state index in [0.29, 0.717) is 28.4 Å². The highest BCUT2D eigenvalue weighted by atomic mass is 35.5. The van der Waals surface area contributed by atoms with Gasteiger partial charge in [0.15, 0.2) is 6.10 Å². The van der Waals surface area contributed by atoms with E-state index in [0.717, 1.165) is 0 Å². The Labute approximate surface area is 183 Å². The van der Waals surface area contributed by atoms with Crippen molar-refractivity contribution in [3.63, 3.8) is 0 Å². The Balaban J connectivity index is 1.62. The van der Waals surface area contributed by atoms with Gasteiger partial charge in [0, 0.05) is 16.9 Å². The van der Waals surface area contributed by atoms with Gasteiger partial charge in [-0.15, -0.1) is 0 Å². The fraction of sp³-hybridized carbons (Fsp3) is 0.130. The molecule has 3 aromatic rings. The molecule has 2 N–H and O–H groups in total. The van der Waals surface area contributed by atoms with E-state index >= 15 is 0 Å². The third-order valence-corrected chi connectivity index (χ3v) is 4.60. The minimum Gasteiger partial charge on any atom is -0.497 e. The van der Waals surface area contributed by atoms with Crippen LogP contribution in [-0.4, -0.2) is 25.0 Å². The maximum absolute atomic E-state index is 13.3. The first-order valence-electron chi connectivity index (χ1n) is 9.34. The number of hydrogen-bond acceptors (Lipinski definition) is 4. The van der Waals surface area contributed by atoms with Crippen LogP contribution in [0, 0.1) is 5.82 Å². The van der Waals surface area contributed by atoms with Crippen LogP contribution in [-0.2, 0) is 4.79 Å². The number of benzene rings is 3. The summed E-state index contributed by atoms with van der Waals surface area (Å²) in [5.74, 6) is -0.174. The van der Waals surface area contributed by atoms with Crippen LogP contribution >= 0.6 is 11.6 Å². The lowest BCUT2D eigenvalue weighted by Crippen LogP contribution is -2.30. The molecule has 1 unspecified atom stereocenters. The first-order valence-corrected chi connectivity index (χ1v) is 9.71. The number of methoxy groups -OCH3 is 1. The topological polar surface area (TPSA) is 76.7 Å². The van der Waals surface area contributed by atoms with Crippen LogP contribution in [0.4, 0.5) is 15.8 Å². The number of nitrogens with one attached hydrogen (secondary N) is 2. The molecule has 3 aromatic carbocycles. The second-order valence-corrected chi connectivity index (χ2v) is 7.00. The van der Waals surface area contributed by atoms with Gasteiger partial charge in [0.25, 0.3) is 11.8 Å². The second kappa shape index (κ2) is 9.95. The molecule has 0 fully saturated rings. The fourth-order valence-corrected chi connectivity index (χ4v) is 2.85. The predicted molar refractivity (Wildman–Crippen MR) is 118 cm³/mol. The van der Waals surface area contributed by atoms with Crippen molar-refractivity contribution in [1.29, 1.82) is 0 Å². The van der Waals surface area contributed by atoms with Crippen LogP contribution in [0.5, 0.6) is 11.5 Å². The van der Waals surface area contributed by atoms with Crippen molar-refractivity contribution in [1.82, 2.24) is 0 Å². The number of carbonyl (C=O) groups excluding carboxylic acids is 2. The lowest BCUT2D eigenvalue weighted by atomic mass is 10.1. The highest BCUT2D eigenvalue weighted by Gasteiger charge is 2.16. The molecular weight excluding hydrogens is 423 g/mol. The van der Waals surface area contributed by atoms with Crippen molar-refractivity contribution in [2.75, 3.05) is 17.7 Å². The largest absolute Gasteiger partial charge is 0.497 e. The van der Waals surface area contributed by atoms with Gasteiger partial charge in [0.2, 0.25) is 0 Å². The third kappa shape index (κ3) is 5.96. The summed E-state index contributed by atoms with van der Waals surface area (Å²) < 4.78 is 24.0. The molecule has 0 aliphatic rings. The van der Waals surface area contributed by atoms with Crippen molar-refractivity contribution < 1.29 is 23.5 Å². The van der Waals surface area contributed by atoms with Crippen molar-refractivity contribution >= 4 is 34.8 Å². The Hall–Kier alpha value is -3.58. The lowest BCUT2D eigenvalue weighted by Gasteiger charge is -2.15. The number of amides is 2. The van der Waals surface area contributed by atoms with Crippen molar-refractivity contribution in [3.8, 4) is 11.5 Å². The van der Waals surface area contributed by atoms with Crippen LogP contribution < -0.4 is 20.1 Å². The number of ether oxygens (including phenoxy) is 2. The maximum Gasteiger partial charge on any atom is 0.265 e. The molecule has 0 radical (unpaired) electrons. The number of carbonyl (C=O) groups is 2. The summed E-state index contributed by atoms with van der Waals surface area (Å²) in [7, 11) is 1.56. The number of anilines is 2. The molecular formula is C23H20ClFN2O4.